The number of rotatable bonds is 7. The zero-order valence-corrected chi connectivity index (χ0v) is 9.36. The molecule has 0 bridgehead atoms. The van der Waals surface area contributed by atoms with Crippen LogP contribution in [0.2, 0.25) is 0 Å². The topological polar surface area (TPSA) is 49.3 Å². The van der Waals surface area contributed by atoms with E-state index in [0.29, 0.717) is 6.42 Å². The lowest BCUT2D eigenvalue weighted by molar-refractivity contribution is -0.139. The Morgan fingerprint density at radius 2 is 2.23 bits per heavy atom. The monoisotopic (exact) mass is 205 g/mol. The average Bonchev–Trinajstić information content (AvgIpc) is 2.04. The molecule has 4 heteroatoms. The van der Waals surface area contributed by atoms with Crippen molar-refractivity contribution in [3.8, 4) is 0 Å². The average molecular weight is 205 g/mol. The number of thioether (sulfide) groups is 1. The highest BCUT2D eigenvalue weighted by molar-refractivity contribution is 7.98. The van der Waals surface area contributed by atoms with E-state index in [1.807, 2.05) is 20.1 Å². The molecule has 0 aliphatic heterocycles. The van der Waals surface area contributed by atoms with E-state index in [2.05, 4.69) is 5.32 Å². The van der Waals surface area contributed by atoms with Crippen LogP contribution in [0.1, 0.15) is 26.7 Å². The molecule has 0 radical (unpaired) electrons. The third-order valence-electron chi connectivity index (χ3n) is 1.78. The largest absolute Gasteiger partial charge is 0.480 e. The number of hydrogen-bond donors (Lipinski definition) is 2. The molecule has 0 aromatic heterocycles. The maximum atomic E-state index is 10.8. The van der Waals surface area contributed by atoms with E-state index in [0.717, 1.165) is 12.2 Å². The molecule has 13 heavy (non-hydrogen) atoms. The first-order valence-corrected chi connectivity index (χ1v) is 5.99. The van der Waals surface area contributed by atoms with Crippen LogP contribution in [-0.2, 0) is 4.79 Å². The molecule has 0 rings (SSSR count). The lowest BCUT2D eigenvalue weighted by Gasteiger charge is -2.18. The maximum absolute atomic E-state index is 10.8. The molecule has 0 amide bonds. The predicted octanol–water partition coefficient (Wildman–Crippen LogP) is 1.58. The van der Waals surface area contributed by atoms with Crippen molar-refractivity contribution in [2.45, 2.75) is 38.8 Å². The van der Waals surface area contributed by atoms with Gasteiger partial charge in [-0.05, 0) is 19.6 Å². The first-order valence-electron chi connectivity index (χ1n) is 4.59. The van der Waals surface area contributed by atoms with Gasteiger partial charge in [0.15, 0.2) is 0 Å². The van der Waals surface area contributed by atoms with Crippen LogP contribution in [0.25, 0.3) is 0 Å². The van der Waals surface area contributed by atoms with Crippen molar-refractivity contribution < 1.29 is 9.90 Å². The Morgan fingerprint density at radius 3 is 2.62 bits per heavy atom. The van der Waals surface area contributed by atoms with Crippen LogP contribution in [0.5, 0.6) is 0 Å². The lowest BCUT2D eigenvalue weighted by Crippen LogP contribution is -2.43. The van der Waals surface area contributed by atoms with Gasteiger partial charge in [0.1, 0.15) is 6.04 Å². The minimum Gasteiger partial charge on any atom is -0.480 e. The van der Waals surface area contributed by atoms with Gasteiger partial charge in [-0.2, -0.15) is 11.8 Å². The van der Waals surface area contributed by atoms with Gasteiger partial charge in [0, 0.05) is 11.8 Å². The van der Waals surface area contributed by atoms with Gasteiger partial charge in [0.2, 0.25) is 0 Å². The molecule has 3 nitrogen and oxygen atoms in total. The normalized spacial score (nSPS) is 15.3. The summed E-state index contributed by atoms with van der Waals surface area (Å²) >= 11 is 1.73. The van der Waals surface area contributed by atoms with Crippen LogP contribution in [0.4, 0.5) is 0 Å². The van der Waals surface area contributed by atoms with Gasteiger partial charge in [0.25, 0.3) is 0 Å². The van der Waals surface area contributed by atoms with Crippen LogP contribution >= 0.6 is 11.8 Å². The number of aliphatic carboxylic acids is 1. The smallest absolute Gasteiger partial charge is 0.320 e. The fourth-order valence-corrected chi connectivity index (χ4v) is 1.80. The summed E-state index contributed by atoms with van der Waals surface area (Å²) in [6, 6.07) is -0.116. The Hall–Kier alpha value is -0.220. The van der Waals surface area contributed by atoms with Crippen LogP contribution in [0.3, 0.4) is 0 Å². The van der Waals surface area contributed by atoms with Crippen LogP contribution in [0, 0.1) is 0 Å². The fourth-order valence-electron chi connectivity index (χ4n) is 1.21. The van der Waals surface area contributed by atoms with E-state index in [-0.39, 0.29) is 12.1 Å². The quantitative estimate of drug-likeness (QED) is 0.662. The van der Waals surface area contributed by atoms with E-state index in [4.69, 9.17) is 5.11 Å². The van der Waals surface area contributed by atoms with Gasteiger partial charge in [-0.15, -0.1) is 0 Å². The van der Waals surface area contributed by atoms with E-state index in [9.17, 15) is 4.79 Å². The van der Waals surface area contributed by atoms with Crippen LogP contribution < -0.4 is 5.32 Å². The van der Waals surface area contributed by atoms with Crippen molar-refractivity contribution in [1.29, 1.82) is 0 Å². The van der Waals surface area contributed by atoms with Gasteiger partial charge >= 0.3 is 5.97 Å². The molecule has 78 valence electrons. The molecule has 0 heterocycles. The SMILES string of the molecule is CCCC(NC(C)CSC)C(=O)O. The summed E-state index contributed by atoms with van der Waals surface area (Å²) in [6.07, 6.45) is 3.62. The lowest BCUT2D eigenvalue weighted by atomic mass is 10.1. The van der Waals surface area contributed by atoms with E-state index in [1.54, 1.807) is 11.8 Å². The predicted molar refractivity (Wildman–Crippen MR) is 57.3 cm³/mol. The molecule has 0 aliphatic rings. The zero-order valence-electron chi connectivity index (χ0n) is 8.54. The summed E-state index contributed by atoms with van der Waals surface area (Å²) in [7, 11) is 0. The summed E-state index contributed by atoms with van der Waals surface area (Å²) in [4.78, 5) is 10.8. The van der Waals surface area contributed by atoms with Crippen LogP contribution in [-0.4, -0.2) is 35.2 Å². The van der Waals surface area contributed by atoms with Gasteiger partial charge in [-0.1, -0.05) is 13.3 Å². The molecule has 0 saturated carbocycles. The molecule has 0 spiro atoms. The van der Waals surface area contributed by atoms with Gasteiger partial charge < -0.3 is 10.4 Å². The Kier molecular flexibility index (Phi) is 7.09. The van der Waals surface area contributed by atoms with Crippen molar-refractivity contribution in [3.63, 3.8) is 0 Å². The summed E-state index contributed by atoms with van der Waals surface area (Å²) in [5.41, 5.74) is 0. The Morgan fingerprint density at radius 1 is 1.62 bits per heavy atom. The van der Waals surface area contributed by atoms with Gasteiger partial charge in [0.05, 0.1) is 0 Å². The summed E-state index contributed by atoms with van der Waals surface area (Å²) in [6.45, 7) is 4.01. The zero-order chi connectivity index (χ0) is 10.3. The molecule has 2 atom stereocenters. The summed E-state index contributed by atoms with van der Waals surface area (Å²) in [5.74, 6) is 0.211. The molecule has 2 unspecified atom stereocenters. The Balaban J connectivity index is 3.86. The molecule has 0 aromatic rings. The molecule has 2 N–H and O–H groups in total. The first-order chi connectivity index (χ1) is 6.11. The van der Waals surface area contributed by atoms with E-state index < -0.39 is 5.97 Å². The number of nitrogens with one attached hydrogen (secondary N) is 1. The Labute approximate surface area is 84.3 Å². The number of carboxylic acid groups (broad SMARTS) is 1. The fraction of sp³-hybridized carbons (Fsp3) is 0.889. The number of carbonyl (C=O) groups is 1. The third-order valence-corrected chi connectivity index (χ3v) is 2.61. The summed E-state index contributed by atoms with van der Waals surface area (Å²) in [5, 5.41) is 12.0. The van der Waals surface area contributed by atoms with E-state index in [1.165, 1.54) is 0 Å². The third kappa shape index (κ3) is 5.93. The van der Waals surface area contributed by atoms with Crippen molar-refractivity contribution in [2.75, 3.05) is 12.0 Å². The maximum Gasteiger partial charge on any atom is 0.320 e. The molecule has 0 aliphatic carbocycles. The number of carboxylic acids is 1. The standard InChI is InChI=1S/C9H19NO2S/c1-4-5-8(9(11)12)10-7(2)6-13-3/h7-8,10H,4-6H2,1-3H3,(H,11,12). The second-order valence-corrected chi connectivity index (χ2v) is 4.11. The molecule has 0 fully saturated rings. The second kappa shape index (κ2) is 7.21. The van der Waals surface area contributed by atoms with E-state index >= 15 is 0 Å². The molecule has 0 aromatic carbocycles. The summed E-state index contributed by atoms with van der Waals surface area (Å²) < 4.78 is 0. The molecule has 0 saturated heterocycles. The van der Waals surface area contributed by atoms with Crippen LogP contribution in [0.15, 0.2) is 0 Å². The highest BCUT2D eigenvalue weighted by Crippen LogP contribution is 2.02. The minimum atomic E-state index is -0.741. The molecular formula is C9H19NO2S. The highest BCUT2D eigenvalue weighted by Gasteiger charge is 2.17. The van der Waals surface area contributed by atoms with Crippen molar-refractivity contribution in [3.05, 3.63) is 0 Å². The van der Waals surface area contributed by atoms with Gasteiger partial charge in [-0.25, -0.2) is 0 Å². The first kappa shape index (κ1) is 12.8. The second-order valence-electron chi connectivity index (χ2n) is 3.20. The molecular weight excluding hydrogens is 186 g/mol. The Bertz CT molecular complexity index is 153. The van der Waals surface area contributed by atoms with Crippen molar-refractivity contribution in [1.82, 2.24) is 5.32 Å². The minimum absolute atomic E-state index is 0.266. The van der Waals surface area contributed by atoms with Crippen molar-refractivity contribution >= 4 is 17.7 Å². The highest BCUT2D eigenvalue weighted by atomic mass is 32.2. The number of hydrogen-bond acceptors (Lipinski definition) is 3. The van der Waals surface area contributed by atoms with Gasteiger partial charge in [-0.3, -0.25) is 4.79 Å². The van der Waals surface area contributed by atoms with Crippen molar-refractivity contribution in [2.24, 2.45) is 0 Å².